The highest BCUT2D eigenvalue weighted by molar-refractivity contribution is 6.05. The van der Waals surface area contributed by atoms with Gasteiger partial charge < -0.3 is 28.8 Å². The zero-order chi connectivity index (χ0) is 21.0. The summed E-state index contributed by atoms with van der Waals surface area (Å²) < 4.78 is 27.1. The second kappa shape index (κ2) is 6.91. The number of aliphatic hydroxyl groups excluding tert-OH is 1. The Balaban J connectivity index is 1.75. The molecule has 1 aliphatic carbocycles. The van der Waals surface area contributed by atoms with E-state index in [0.29, 0.717) is 39.7 Å². The molecule has 1 saturated heterocycles. The molecule has 3 atom stereocenters. The van der Waals surface area contributed by atoms with Crippen LogP contribution in [-0.4, -0.2) is 44.5 Å². The van der Waals surface area contributed by atoms with Crippen molar-refractivity contribution in [1.29, 1.82) is 0 Å². The second-order valence-electron chi connectivity index (χ2n) is 7.47. The van der Waals surface area contributed by atoms with Gasteiger partial charge in [0, 0.05) is 17.0 Å². The summed E-state index contributed by atoms with van der Waals surface area (Å²) in [5.41, 5.74) is 2.40. The number of aliphatic hydroxyl groups is 1. The van der Waals surface area contributed by atoms with Crippen LogP contribution in [-0.2, 0) is 16.1 Å². The summed E-state index contributed by atoms with van der Waals surface area (Å²) in [6.45, 7) is -0.143. The number of benzene rings is 2. The predicted octanol–water partition coefficient (Wildman–Crippen LogP) is 2.04. The fraction of sp³-hybridized carbons (Fsp3) is 0.364. The number of hydrogen-bond acceptors (Lipinski definition) is 8. The molecule has 3 aliphatic rings. The molecule has 0 radical (unpaired) electrons. The van der Waals surface area contributed by atoms with Crippen molar-refractivity contribution in [3.8, 4) is 23.0 Å². The van der Waals surface area contributed by atoms with Gasteiger partial charge in [-0.05, 0) is 35.4 Å². The number of carbonyl (C=O) groups excluding carboxylic acids is 2. The summed E-state index contributed by atoms with van der Waals surface area (Å²) in [5, 5.41) is 9.88. The van der Waals surface area contributed by atoms with Crippen LogP contribution in [0.4, 0.5) is 0 Å². The zero-order valence-corrected chi connectivity index (χ0v) is 16.5. The summed E-state index contributed by atoms with van der Waals surface area (Å²) in [4.78, 5) is 25.8. The third-order valence-electron chi connectivity index (χ3n) is 6.06. The maximum Gasteiger partial charge on any atom is 0.310 e. The molecule has 1 fully saturated rings. The van der Waals surface area contributed by atoms with Crippen LogP contribution in [0.2, 0.25) is 0 Å². The second-order valence-corrected chi connectivity index (χ2v) is 7.47. The summed E-state index contributed by atoms with van der Waals surface area (Å²) in [7, 11) is 3.00. The third kappa shape index (κ3) is 2.56. The predicted molar refractivity (Wildman–Crippen MR) is 102 cm³/mol. The number of ether oxygens (including phenoxy) is 5. The van der Waals surface area contributed by atoms with Gasteiger partial charge in [-0.2, -0.15) is 0 Å². The van der Waals surface area contributed by atoms with Gasteiger partial charge in [-0.15, -0.1) is 0 Å². The quantitative estimate of drug-likeness (QED) is 0.762. The SMILES string of the molecule is COc1cc(C2c3cc4c(cc3C(=O)[C@H]3COC(=O)[C@@H]23)OCO4)cc(CO)c1OC. The molecule has 8 nitrogen and oxygen atoms in total. The monoisotopic (exact) mass is 412 g/mol. The van der Waals surface area contributed by atoms with Gasteiger partial charge in [0.05, 0.1) is 32.7 Å². The lowest BCUT2D eigenvalue weighted by Crippen LogP contribution is -2.36. The largest absolute Gasteiger partial charge is 0.493 e. The highest BCUT2D eigenvalue weighted by Gasteiger charge is 2.52. The summed E-state index contributed by atoms with van der Waals surface area (Å²) >= 11 is 0. The Hall–Kier alpha value is -3.26. The average Bonchev–Trinajstić information content (AvgIpc) is 3.38. The van der Waals surface area contributed by atoms with Crippen molar-refractivity contribution in [3.63, 3.8) is 0 Å². The van der Waals surface area contributed by atoms with E-state index in [0.717, 1.165) is 5.56 Å². The van der Waals surface area contributed by atoms with Crippen LogP contribution in [0.15, 0.2) is 24.3 Å². The van der Waals surface area contributed by atoms with Gasteiger partial charge in [-0.3, -0.25) is 9.59 Å². The first kappa shape index (κ1) is 18.7. The number of methoxy groups -OCH3 is 2. The van der Waals surface area contributed by atoms with Gasteiger partial charge in [0.2, 0.25) is 6.79 Å². The first-order chi connectivity index (χ1) is 14.6. The van der Waals surface area contributed by atoms with Crippen LogP contribution >= 0.6 is 0 Å². The van der Waals surface area contributed by atoms with Crippen LogP contribution < -0.4 is 18.9 Å². The number of ketones is 1. The minimum atomic E-state index is -0.671. The van der Waals surface area contributed by atoms with Crippen molar-refractivity contribution < 1.29 is 38.4 Å². The zero-order valence-electron chi connectivity index (χ0n) is 16.5. The molecule has 5 rings (SSSR count). The standard InChI is InChI=1S/C22H20O8/c1-26-17-4-10(3-11(7-23)21(17)27-2)18-12-5-15-16(30-9-29-15)6-13(12)20(24)14-8-28-22(25)19(14)18/h3-6,14,18-19,23H,7-9H2,1-2H3/t14-,18?,19+/m0/s1. The van der Waals surface area contributed by atoms with Crippen molar-refractivity contribution in [2.45, 2.75) is 12.5 Å². The molecule has 2 aromatic carbocycles. The molecule has 30 heavy (non-hydrogen) atoms. The fourth-order valence-electron chi connectivity index (χ4n) is 4.72. The molecule has 0 saturated carbocycles. The highest BCUT2D eigenvalue weighted by Crippen LogP contribution is 2.51. The molecular formula is C22H20O8. The molecule has 2 heterocycles. The Morgan fingerprint density at radius 1 is 1.03 bits per heavy atom. The molecule has 0 spiro atoms. The third-order valence-corrected chi connectivity index (χ3v) is 6.06. The maximum atomic E-state index is 13.2. The number of fused-ring (bicyclic) bond motifs is 3. The topological polar surface area (TPSA) is 101 Å². The molecular weight excluding hydrogens is 392 g/mol. The van der Waals surface area contributed by atoms with Gasteiger partial charge >= 0.3 is 5.97 Å². The first-order valence-electron chi connectivity index (χ1n) is 9.57. The summed E-state index contributed by atoms with van der Waals surface area (Å²) in [5.74, 6) is -0.394. The molecule has 1 N–H and O–H groups in total. The van der Waals surface area contributed by atoms with Crippen LogP contribution in [0.3, 0.4) is 0 Å². The normalized spacial score (nSPS) is 23.6. The van der Waals surface area contributed by atoms with Gasteiger partial charge in [0.1, 0.15) is 6.61 Å². The van der Waals surface area contributed by atoms with E-state index in [2.05, 4.69) is 0 Å². The molecule has 0 amide bonds. The van der Waals surface area contributed by atoms with Gasteiger partial charge in [-0.1, -0.05) is 0 Å². The minimum absolute atomic E-state index is 0.0485. The smallest absolute Gasteiger partial charge is 0.310 e. The number of hydrogen-bond donors (Lipinski definition) is 1. The van der Waals surface area contributed by atoms with E-state index in [1.807, 2.05) is 0 Å². The van der Waals surface area contributed by atoms with Crippen LogP contribution in [0.25, 0.3) is 0 Å². The fourth-order valence-corrected chi connectivity index (χ4v) is 4.72. The molecule has 8 heteroatoms. The van der Waals surface area contributed by atoms with E-state index < -0.39 is 23.7 Å². The van der Waals surface area contributed by atoms with Crippen LogP contribution in [0.1, 0.15) is 33.0 Å². The Kier molecular flexibility index (Phi) is 4.32. The van der Waals surface area contributed by atoms with Crippen LogP contribution in [0.5, 0.6) is 23.0 Å². The highest BCUT2D eigenvalue weighted by atomic mass is 16.7. The van der Waals surface area contributed by atoms with Gasteiger partial charge in [0.25, 0.3) is 0 Å². The van der Waals surface area contributed by atoms with E-state index in [1.165, 1.54) is 14.2 Å². The average molecular weight is 412 g/mol. The molecule has 2 aliphatic heterocycles. The van der Waals surface area contributed by atoms with Crippen molar-refractivity contribution in [2.75, 3.05) is 27.6 Å². The Labute approximate surface area is 172 Å². The number of rotatable bonds is 4. The van der Waals surface area contributed by atoms with E-state index in [1.54, 1.807) is 24.3 Å². The molecule has 1 unspecified atom stereocenters. The van der Waals surface area contributed by atoms with E-state index in [9.17, 15) is 14.7 Å². The van der Waals surface area contributed by atoms with E-state index >= 15 is 0 Å². The first-order valence-corrected chi connectivity index (χ1v) is 9.57. The molecule has 0 bridgehead atoms. The number of esters is 1. The number of cyclic esters (lactones) is 1. The Morgan fingerprint density at radius 2 is 1.80 bits per heavy atom. The summed E-state index contributed by atoms with van der Waals surface area (Å²) in [6, 6.07) is 6.99. The van der Waals surface area contributed by atoms with E-state index in [4.69, 9.17) is 23.7 Å². The molecule has 0 aromatic heterocycles. The maximum absolute atomic E-state index is 13.2. The van der Waals surface area contributed by atoms with Gasteiger partial charge in [-0.25, -0.2) is 0 Å². The summed E-state index contributed by atoms with van der Waals surface area (Å²) in [6.07, 6.45) is 0. The Morgan fingerprint density at radius 3 is 2.50 bits per heavy atom. The number of carbonyl (C=O) groups is 2. The van der Waals surface area contributed by atoms with Crippen molar-refractivity contribution in [3.05, 3.63) is 46.5 Å². The van der Waals surface area contributed by atoms with E-state index in [-0.39, 0.29) is 25.8 Å². The minimum Gasteiger partial charge on any atom is -0.493 e. The lowest BCUT2D eigenvalue weighted by atomic mass is 9.66. The van der Waals surface area contributed by atoms with Crippen molar-refractivity contribution in [1.82, 2.24) is 0 Å². The van der Waals surface area contributed by atoms with Crippen LogP contribution in [0, 0.1) is 11.8 Å². The lowest BCUT2D eigenvalue weighted by molar-refractivity contribution is -0.141. The lowest BCUT2D eigenvalue weighted by Gasteiger charge is -2.33. The Bertz CT molecular complexity index is 1030. The number of Topliss-reactive ketones (excluding diaryl/α,β-unsaturated/α-hetero) is 1. The molecule has 2 aromatic rings. The molecule has 156 valence electrons. The van der Waals surface area contributed by atoms with Crippen molar-refractivity contribution >= 4 is 11.8 Å². The van der Waals surface area contributed by atoms with Gasteiger partial charge in [0.15, 0.2) is 28.8 Å². The van der Waals surface area contributed by atoms with Crippen molar-refractivity contribution in [2.24, 2.45) is 11.8 Å².